The number of ether oxygens (including phenoxy) is 1. The van der Waals surface area contributed by atoms with Crippen molar-refractivity contribution in [3.63, 3.8) is 0 Å². The zero-order chi connectivity index (χ0) is 20.8. The predicted molar refractivity (Wildman–Crippen MR) is 112 cm³/mol. The zero-order valence-electron chi connectivity index (χ0n) is 15.7. The van der Waals surface area contributed by atoms with E-state index in [0.29, 0.717) is 25.2 Å². The van der Waals surface area contributed by atoms with Gasteiger partial charge in [0.2, 0.25) is 0 Å². The average Bonchev–Trinajstić information content (AvgIpc) is 3.42. The van der Waals surface area contributed by atoms with Crippen LogP contribution in [0.15, 0.2) is 69.9 Å². The largest absolute Gasteiger partial charge is 0.389 e. The van der Waals surface area contributed by atoms with Gasteiger partial charge in [-0.05, 0) is 24.3 Å². The van der Waals surface area contributed by atoms with Crippen LogP contribution in [0, 0.1) is 5.13 Å². The van der Waals surface area contributed by atoms with Crippen LogP contribution in [-0.4, -0.2) is 40.9 Å². The fourth-order valence-corrected chi connectivity index (χ4v) is 3.94. The van der Waals surface area contributed by atoms with Gasteiger partial charge in [-0.3, -0.25) is 10.1 Å². The van der Waals surface area contributed by atoms with E-state index in [0.717, 1.165) is 27.5 Å². The third-order valence-electron chi connectivity index (χ3n) is 4.08. The Morgan fingerprint density at radius 1 is 1.27 bits per heavy atom. The van der Waals surface area contributed by atoms with Crippen LogP contribution < -0.4 is 5.32 Å². The molecule has 1 amide bonds. The summed E-state index contributed by atoms with van der Waals surface area (Å²) in [5, 5.41) is 7.17. The van der Waals surface area contributed by atoms with Crippen LogP contribution in [0.1, 0.15) is 12.0 Å². The number of aromatic nitrogens is 2. The minimum Gasteiger partial charge on any atom is -0.389 e. The van der Waals surface area contributed by atoms with Crippen LogP contribution in [0.4, 0.5) is 9.52 Å². The molecule has 0 saturated carbocycles. The minimum atomic E-state index is -0.534. The molecule has 1 aliphatic rings. The number of oxime groups is 1. The summed E-state index contributed by atoms with van der Waals surface area (Å²) in [6.45, 7) is 1.02. The van der Waals surface area contributed by atoms with Crippen molar-refractivity contribution in [1.82, 2.24) is 9.97 Å². The average molecular weight is 445 g/mol. The molecule has 1 atom stereocenters. The first-order chi connectivity index (χ1) is 14.7. The summed E-state index contributed by atoms with van der Waals surface area (Å²) in [4.78, 5) is 27.4. The van der Waals surface area contributed by atoms with Gasteiger partial charge in [0.05, 0.1) is 19.4 Å². The van der Waals surface area contributed by atoms with E-state index in [2.05, 4.69) is 20.4 Å². The molecular weight excluding hydrogens is 427 g/mol. The molecule has 1 aliphatic heterocycles. The number of rotatable bonds is 7. The van der Waals surface area contributed by atoms with E-state index in [1.165, 1.54) is 11.8 Å². The van der Waals surface area contributed by atoms with E-state index in [1.54, 1.807) is 18.3 Å². The Bertz CT molecular complexity index is 1020. The first kappa shape index (κ1) is 20.5. The molecule has 0 aliphatic carbocycles. The Labute approximate surface area is 180 Å². The molecule has 154 valence electrons. The highest BCUT2D eigenvalue weighted by Gasteiger charge is 2.21. The molecule has 0 radical (unpaired) electrons. The monoisotopic (exact) mass is 444 g/mol. The van der Waals surface area contributed by atoms with Crippen LogP contribution >= 0.6 is 23.1 Å². The molecule has 7 nitrogen and oxygen atoms in total. The lowest BCUT2D eigenvalue weighted by molar-refractivity contribution is -0.110. The third kappa shape index (κ3) is 5.41. The molecule has 30 heavy (non-hydrogen) atoms. The van der Waals surface area contributed by atoms with E-state index >= 15 is 0 Å². The van der Waals surface area contributed by atoms with Gasteiger partial charge in [0.15, 0.2) is 22.1 Å². The van der Waals surface area contributed by atoms with Crippen LogP contribution in [0.3, 0.4) is 0 Å². The number of hydrogen-bond donors (Lipinski definition) is 1. The first-order valence-corrected chi connectivity index (χ1v) is 10.7. The molecule has 0 spiro atoms. The van der Waals surface area contributed by atoms with Crippen molar-refractivity contribution in [1.29, 1.82) is 0 Å². The highest BCUT2D eigenvalue weighted by molar-refractivity contribution is 7.99. The van der Waals surface area contributed by atoms with Crippen LogP contribution in [-0.2, 0) is 14.4 Å². The van der Waals surface area contributed by atoms with Crippen molar-refractivity contribution >= 4 is 39.8 Å². The summed E-state index contributed by atoms with van der Waals surface area (Å²) in [5.74, 6) is -0.534. The first-order valence-electron chi connectivity index (χ1n) is 9.11. The van der Waals surface area contributed by atoms with Crippen molar-refractivity contribution in [3.05, 3.63) is 65.6 Å². The molecule has 3 aromatic rings. The third-order valence-corrected chi connectivity index (χ3v) is 5.74. The minimum absolute atomic E-state index is 0.0758. The van der Waals surface area contributed by atoms with Gasteiger partial charge in [-0.25, -0.2) is 9.97 Å². The Hall–Kier alpha value is -2.82. The molecule has 0 unspecified atom stereocenters. The van der Waals surface area contributed by atoms with Gasteiger partial charge in [0.1, 0.15) is 5.03 Å². The molecular formula is C20H17FN4O3S2. The standard InChI is InChI=1S/C20H17FN4O3S2/c21-16-11-23-20(30-16)24-19(26)18(25-28-14-8-10-27-12-14)13-4-6-15(7-5-13)29-17-3-1-2-9-22-17/h1-7,9,11,14H,8,10,12H2,(H,23,24,26)/t14-/m1/s1. The Morgan fingerprint density at radius 3 is 2.80 bits per heavy atom. The zero-order valence-corrected chi connectivity index (χ0v) is 17.3. The number of hydrogen-bond acceptors (Lipinski definition) is 8. The molecule has 4 rings (SSSR count). The van der Waals surface area contributed by atoms with Gasteiger partial charge in [-0.15, -0.1) is 0 Å². The number of pyridine rings is 1. The lowest BCUT2D eigenvalue weighted by atomic mass is 10.1. The molecule has 1 N–H and O–H groups in total. The van der Waals surface area contributed by atoms with E-state index in [-0.39, 0.29) is 16.9 Å². The van der Waals surface area contributed by atoms with Crippen molar-refractivity contribution in [2.75, 3.05) is 18.5 Å². The Balaban J connectivity index is 1.53. The van der Waals surface area contributed by atoms with Crippen LogP contribution in [0.5, 0.6) is 0 Å². The van der Waals surface area contributed by atoms with Gasteiger partial charge >= 0.3 is 0 Å². The number of carbonyl (C=O) groups excluding carboxylic acids is 1. The maximum absolute atomic E-state index is 13.2. The summed E-state index contributed by atoms with van der Waals surface area (Å²) < 4.78 is 18.5. The predicted octanol–water partition coefficient (Wildman–Crippen LogP) is 3.98. The molecule has 0 bridgehead atoms. The van der Waals surface area contributed by atoms with Gasteiger partial charge in [0, 0.05) is 23.1 Å². The molecule has 10 heteroatoms. The van der Waals surface area contributed by atoms with Crippen molar-refractivity contribution in [3.8, 4) is 0 Å². The smallest absolute Gasteiger partial charge is 0.280 e. The SMILES string of the molecule is O=C(Nc1ncc(F)s1)C(=NO[C@@H]1CCOC1)c1ccc(Sc2ccccn2)cc1. The second-order valence-electron chi connectivity index (χ2n) is 6.25. The Morgan fingerprint density at radius 2 is 2.13 bits per heavy atom. The fraction of sp³-hybridized carbons (Fsp3) is 0.200. The molecule has 3 heterocycles. The van der Waals surface area contributed by atoms with Crippen LogP contribution in [0.25, 0.3) is 0 Å². The van der Waals surface area contributed by atoms with Gasteiger partial charge in [0.25, 0.3) is 5.91 Å². The van der Waals surface area contributed by atoms with Crippen molar-refractivity contribution in [2.45, 2.75) is 22.4 Å². The summed E-state index contributed by atoms with van der Waals surface area (Å²) in [6, 6.07) is 13.0. The number of nitrogens with one attached hydrogen (secondary N) is 1. The number of anilines is 1. The second kappa shape index (κ2) is 9.79. The molecule has 1 fully saturated rings. The van der Waals surface area contributed by atoms with E-state index in [1.807, 2.05) is 30.3 Å². The normalized spacial score (nSPS) is 16.4. The highest BCUT2D eigenvalue weighted by atomic mass is 32.2. The van der Waals surface area contributed by atoms with Gasteiger partial charge in [-0.2, -0.15) is 4.39 Å². The van der Waals surface area contributed by atoms with E-state index in [4.69, 9.17) is 9.57 Å². The Kier molecular flexibility index (Phi) is 6.67. The van der Waals surface area contributed by atoms with Crippen molar-refractivity contribution < 1.29 is 18.8 Å². The summed E-state index contributed by atoms with van der Waals surface area (Å²) in [5.41, 5.74) is 0.640. The summed E-state index contributed by atoms with van der Waals surface area (Å²) >= 11 is 2.25. The molecule has 1 aromatic carbocycles. The van der Waals surface area contributed by atoms with E-state index < -0.39 is 11.0 Å². The molecule has 1 saturated heterocycles. The highest BCUT2D eigenvalue weighted by Crippen LogP contribution is 2.26. The number of nitrogens with zero attached hydrogens (tertiary/aromatic N) is 3. The number of thiazole rings is 1. The fourth-order valence-electron chi connectivity index (χ4n) is 2.63. The van der Waals surface area contributed by atoms with Gasteiger partial charge < -0.3 is 9.57 Å². The lowest BCUT2D eigenvalue weighted by Gasteiger charge is -2.10. The quantitative estimate of drug-likeness (QED) is 0.438. The van der Waals surface area contributed by atoms with E-state index in [9.17, 15) is 9.18 Å². The number of amides is 1. The summed E-state index contributed by atoms with van der Waals surface area (Å²) in [6.07, 6.45) is 3.28. The van der Waals surface area contributed by atoms with Crippen LogP contribution in [0.2, 0.25) is 0 Å². The van der Waals surface area contributed by atoms with Crippen molar-refractivity contribution in [2.24, 2.45) is 5.16 Å². The van der Waals surface area contributed by atoms with Gasteiger partial charge in [-0.1, -0.05) is 46.5 Å². The number of benzene rings is 1. The number of halogens is 1. The lowest BCUT2D eigenvalue weighted by Crippen LogP contribution is -2.25. The number of carbonyl (C=O) groups is 1. The maximum Gasteiger partial charge on any atom is 0.280 e. The second-order valence-corrected chi connectivity index (χ2v) is 8.32. The summed E-state index contributed by atoms with van der Waals surface area (Å²) in [7, 11) is 0. The maximum atomic E-state index is 13.2. The topological polar surface area (TPSA) is 85.7 Å². The molecule has 2 aromatic heterocycles.